The monoisotopic (exact) mass is 349 g/mol. The third-order valence-corrected chi connectivity index (χ3v) is 3.88. The molecule has 0 saturated heterocycles. The molecule has 0 spiro atoms. The van der Waals surface area contributed by atoms with E-state index in [-0.39, 0.29) is 18.0 Å². The molecule has 1 amide bonds. The molecule has 0 atom stereocenters. The van der Waals surface area contributed by atoms with Crippen molar-refractivity contribution in [1.82, 2.24) is 9.55 Å². The molecule has 0 saturated carbocycles. The van der Waals surface area contributed by atoms with E-state index >= 15 is 0 Å². The summed E-state index contributed by atoms with van der Waals surface area (Å²) in [7, 11) is 1.57. The van der Waals surface area contributed by atoms with Crippen LogP contribution in [0.5, 0.6) is 5.75 Å². The number of methoxy groups -OCH3 is 1. The first-order chi connectivity index (χ1) is 12.6. The van der Waals surface area contributed by atoms with Crippen molar-refractivity contribution in [2.24, 2.45) is 0 Å². The second-order valence-electron chi connectivity index (χ2n) is 5.86. The van der Waals surface area contributed by atoms with Crippen LogP contribution in [-0.2, 0) is 11.3 Å². The highest BCUT2D eigenvalue weighted by Crippen LogP contribution is 2.26. The lowest BCUT2D eigenvalue weighted by atomic mass is 10.1. The van der Waals surface area contributed by atoms with Crippen LogP contribution in [0.15, 0.2) is 65.7 Å². The molecule has 0 aliphatic carbocycles. The molecule has 0 bridgehead atoms. The van der Waals surface area contributed by atoms with Crippen molar-refractivity contribution in [2.75, 3.05) is 12.4 Å². The van der Waals surface area contributed by atoms with E-state index in [9.17, 15) is 9.59 Å². The molecule has 2 aromatic carbocycles. The first-order valence-electron chi connectivity index (χ1n) is 8.13. The van der Waals surface area contributed by atoms with Gasteiger partial charge in [-0.25, -0.2) is 4.98 Å². The molecule has 0 aliphatic heterocycles. The zero-order valence-electron chi connectivity index (χ0n) is 14.6. The largest absolute Gasteiger partial charge is 0.496 e. The minimum absolute atomic E-state index is 0.105. The fourth-order valence-electron chi connectivity index (χ4n) is 2.63. The highest BCUT2D eigenvalue weighted by atomic mass is 16.5. The maximum absolute atomic E-state index is 12.4. The maximum Gasteiger partial charge on any atom is 0.254 e. The number of rotatable bonds is 5. The van der Waals surface area contributed by atoms with Gasteiger partial charge in [-0.05, 0) is 36.8 Å². The molecule has 132 valence electrons. The fraction of sp³-hybridized carbons (Fsp3) is 0.150. The third-order valence-electron chi connectivity index (χ3n) is 3.88. The van der Waals surface area contributed by atoms with Gasteiger partial charge in [-0.1, -0.05) is 24.3 Å². The minimum atomic E-state index is -0.305. The summed E-state index contributed by atoms with van der Waals surface area (Å²) in [5.74, 6) is 0.346. The Morgan fingerprint density at radius 3 is 2.69 bits per heavy atom. The number of para-hydroxylation sites is 1. The summed E-state index contributed by atoms with van der Waals surface area (Å²) in [5, 5.41) is 2.78. The Hall–Kier alpha value is -3.41. The standard InChI is InChI=1S/C20H19N3O3/c1-14-6-5-7-15(10-14)22-19(24)12-23-13-21-17(11-20(23)25)16-8-3-4-9-18(16)26-2/h3-11,13H,12H2,1-2H3,(H,22,24). The van der Waals surface area contributed by atoms with Crippen molar-refractivity contribution < 1.29 is 9.53 Å². The van der Waals surface area contributed by atoms with Gasteiger partial charge in [0.25, 0.3) is 5.56 Å². The number of anilines is 1. The number of aryl methyl sites for hydroxylation is 1. The Bertz CT molecular complexity index is 995. The number of nitrogens with one attached hydrogen (secondary N) is 1. The van der Waals surface area contributed by atoms with Crippen LogP contribution in [0.4, 0.5) is 5.69 Å². The van der Waals surface area contributed by atoms with E-state index in [2.05, 4.69) is 10.3 Å². The number of carbonyl (C=O) groups excluding carboxylic acids is 1. The molecule has 0 fully saturated rings. The summed E-state index contributed by atoms with van der Waals surface area (Å²) in [4.78, 5) is 28.8. The average molecular weight is 349 g/mol. The summed E-state index contributed by atoms with van der Waals surface area (Å²) in [6, 6.07) is 16.2. The number of amides is 1. The molecule has 26 heavy (non-hydrogen) atoms. The van der Waals surface area contributed by atoms with Gasteiger partial charge in [-0.15, -0.1) is 0 Å². The number of nitrogens with zero attached hydrogens (tertiary/aromatic N) is 2. The van der Waals surface area contributed by atoms with Gasteiger partial charge in [0.05, 0.1) is 19.1 Å². The lowest BCUT2D eigenvalue weighted by Crippen LogP contribution is -2.27. The van der Waals surface area contributed by atoms with E-state index in [1.807, 2.05) is 43.3 Å². The summed E-state index contributed by atoms with van der Waals surface area (Å²) in [5.41, 5.74) is 2.66. The summed E-state index contributed by atoms with van der Waals surface area (Å²) in [6.45, 7) is 1.84. The van der Waals surface area contributed by atoms with Crippen molar-refractivity contribution in [1.29, 1.82) is 0 Å². The topological polar surface area (TPSA) is 73.2 Å². The molecule has 0 unspecified atom stereocenters. The van der Waals surface area contributed by atoms with Crippen molar-refractivity contribution >= 4 is 11.6 Å². The predicted molar refractivity (Wildman–Crippen MR) is 100 cm³/mol. The number of hydrogen-bond donors (Lipinski definition) is 1. The molecule has 1 N–H and O–H groups in total. The normalized spacial score (nSPS) is 10.4. The van der Waals surface area contributed by atoms with Crippen LogP contribution in [0.3, 0.4) is 0 Å². The first-order valence-corrected chi connectivity index (χ1v) is 8.13. The van der Waals surface area contributed by atoms with E-state index in [0.29, 0.717) is 17.1 Å². The summed E-state index contributed by atoms with van der Waals surface area (Å²) < 4.78 is 6.57. The van der Waals surface area contributed by atoms with Crippen LogP contribution in [0.1, 0.15) is 5.56 Å². The number of ether oxygens (including phenoxy) is 1. The molecule has 6 nitrogen and oxygen atoms in total. The van der Waals surface area contributed by atoms with Gasteiger partial charge >= 0.3 is 0 Å². The number of aromatic nitrogens is 2. The van der Waals surface area contributed by atoms with E-state index in [1.54, 1.807) is 19.2 Å². The fourth-order valence-corrected chi connectivity index (χ4v) is 2.63. The van der Waals surface area contributed by atoms with Gasteiger partial charge < -0.3 is 10.1 Å². The molecule has 0 radical (unpaired) electrons. The Kier molecular flexibility index (Phi) is 5.12. The lowest BCUT2D eigenvalue weighted by Gasteiger charge is -2.10. The number of benzene rings is 2. The Morgan fingerprint density at radius 2 is 1.96 bits per heavy atom. The smallest absolute Gasteiger partial charge is 0.254 e. The number of hydrogen-bond acceptors (Lipinski definition) is 4. The van der Waals surface area contributed by atoms with Crippen molar-refractivity contribution in [2.45, 2.75) is 13.5 Å². The number of carbonyl (C=O) groups is 1. The quantitative estimate of drug-likeness (QED) is 0.769. The van der Waals surface area contributed by atoms with Crippen LogP contribution in [0.2, 0.25) is 0 Å². The second kappa shape index (κ2) is 7.65. The minimum Gasteiger partial charge on any atom is -0.496 e. The molecule has 1 aromatic heterocycles. The summed E-state index contributed by atoms with van der Waals surface area (Å²) >= 11 is 0. The second-order valence-corrected chi connectivity index (χ2v) is 5.86. The van der Waals surface area contributed by atoms with Crippen LogP contribution in [-0.4, -0.2) is 22.6 Å². The first kappa shape index (κ1) is 17.4. The van der Waals surface area contributed by atoms with Crippen LogP contribution < -0.4 is 15.6 Å². The van der Waals surface area contributed by atoms with Crippen LogP contribution in [0, 0.1) is 6.92 Å². The van der Waals surface area contributed by atoms with E-state index in [1.165, 1.54) is 17.0 Å². The Labute approximate surface area is 151 Å². The SMILES string of the molecule is COc1ccccc1-c1cc(=O)n(CC(=O)Nc2cccc(C)c2)cn1. The molecule has 3 rings (SSSR count). The Morgan fingerprint density at radius 1 is 1.15 bits per heavy atom. The van der Waals surface area contributed by atoms with Crippen molar-refractivity contribution in [3.8, 4) is 17.0 Å². The van der Waals surface area contributed by atoms with Gasteiger partial charge in [0, 0.05) is 17.3 Å². The van der Waals surface area contributed by atoms with Gasteiger partial charge in [-0.3, -0.25) is 14.2 Å². The van der Waals surface area contributed by atoms with Gasteiger partial charge in [0.2, 0.25) is 5.91 Å². The van der Waals surface area contributed by atoms with E-state index in [4.69, 9.17) is 4.74 Å². The van der Waals surface area contributed by atoms with E-state index < -0.39 is 0 Å². The molecule has 1 heterocycles. The highest BCUT2D eigenvalue weighted by molar-refractivity contribution is 5.90. The van der Waals surface area contributed by atoms with Crippen molar-refractivity contribution in [3.05, 3.63) is 76.8 Å². The molecule has 6 heteroatoms. The molecular formula is C20H19N3O3. The Balaban J connectivity index is 1.78. The lowest BCUT2D eigenvalue weighted by molar-refractivity contribution is -0.116. The van der Waals surface area contributed by atoms with Gasteiger partial charge in [-0.2, -0.15) is 0 Å². The van der Waals surface area contributed by atoms with Crippen molar-refractivity contribution in [3.63, 3.8) is 0 Å². The summed E-state index contributed by atoms with van der Waals surface area (Å²) in [6.07, 6.45) is 1.37. The van der Waals surface area contributed by atoms with Crippen LogP contribution in [0.25, 0.3) is 11.3 Å². The highest BCUT2D eigenvalue weighted by Gasteiger charge is 2.10. The van der Waals surface area contributed by atoms with E-state index in [0.717, 1.165) is 11.1 Å². The molecule has 3 aromatic rings. The third kappa shape index (κ3) is 3.97. The zero-order chi connectivity index (χ0) is 18.5. The molecule has 0 aliphatic rings. The maximum atomic E-state index is 12.4. The zero-order valence-corrected chi connectivity index (χ0v) is 14.6. The van der Waals surface area contributed by atoms with Gasteiger partial charge in [0.15, 0.2) is 0 Å². The predicted octanol–water partition coefficient (Wildman–Crippen LogP) is 2.87. The average Bonchev–Trinajstić information content (AvgIpc) is 2.63. The van der Waals surface area contributed by atoms with Crippen LogP contribution >= 0.6 is 0 Å². The molecular weight excluding hydrogens is 330 g/mol. The van der Waals surface area contributed by atoms with Gasteiger partial charge in [0.1, 0.15) is 12.3 Å².